The Bertz CT molecular complexity index is 713. The van der Waals surface area contributed by atoms with Gasteiger partial charge in [-0.3, -0.25) is 4.79 Å². The summed E-state index contributed by atoms with van der Waals surface area (Å²) in [7, 11) is 0. The van der Waals surface area contributed by atoms with Crippen LogP contribution in [-0.2, 0) is 11.2 Å². The second kappa shape index (κ2) is 7.44. The number of aromatic nitrogens is 1. The number of rotatable bonds is 5. The maximum atomic E-state index is 12.4. The molecule has 4 heterocycles. The molecule has 0 bridgehead atoms. The molecule has 6 heteroatoms. The third-order valence-corrected chi connectivity index (χ3v) is 5.73. The van der Waals surface area contributed by atoms with E-state index in [-0.39, 0.29) is 12.0 Å². The molecule has 1 amide bonds. The molecule has 0 N–H and O–H groups in total. The Labute approximate surface area is 152 Å². The molecular weight excluding hydrogens is 334 g/mol. The van der Waals surface area contributed by atoms with Crippen molar-refractivity contribution in [2.24, 2.45) is 0 Å². The molecule has 0 aromatic carbocycles. The van der Waals surface area contributed by atoms with Gasteiger partial charge in [-0.05, 0) is 36.4 Å². The standard InChI is InChI=1S/C19H23N3O2S/c23-18(13-16-5-4-12-25-16)22-11-7-15(14-22)24-17-6-3-8-20-19(17)21-9-1-2-10-21/h3-6,8,12,15H,1-2,7,9-11,13-14H2/t15-/m1/s1. The Morgan fingerprint density at radius 1 is 1.24 bits per heavy atom. The SMILES string of the molecule is O=C(Cc1cccs1)N1CC[C@@H](Oc2cccnc2N2CCCC2)C1. The summed E-state index contributed by atoms with van der Waals surface area (Å²) in [6.45, 7) is 3.53. The van der Waals surface area contributed by atoms with Crippen LogP contribution in [0.15, 0.2) is 35.8 Å². The summed E-state index contributed by atoms with van der Waals surface area (Å²) in [5.74, 6) is 1.99. The Morgan fingerprint density at radius 2 is 2.12 bits per heavy atom. The van der Waals surface area contributed by atoms with Gasteiger partial charge in [-0.15, -0.1) is 11.3 Å². The van der Waals surface area contributed by atoms with Gasteiger partial charge in [-0.25, -0.2) is 4.98 Å². The van der Waals surface area contributed by atoms with Crippen LogP contribution in [0.2, 0.25) is 0 Å². The average molecular weight is 357 g/mol. The van der Waals surface area contributed by atoms with Crippen LogP contribution >= 0.6 is 11.3 Å². The fourth-order valence-electron chi connectivity index (χ4n) is 3.55. The summed E-state index contributed by atoms with van der Waals surface area (Å²) in [4.78, 5) is 22.3. The lowest BCUT2D eigenvalue weighted by atomic mass is 10.3. The number of anilines is 1. The van der Waals surface area contributed by atoms with Crippen LogP contribution in [0.25, 0.3) is 0 Å². The molecule has 2 saturated heterocycles. The van der Waals surface area contributed by atoms with E-state index in [1.807, 2.05) is 40.7 Å². The summed E-state index contributed by atoms with van der Waals surface area (Å²) < 4.78 is 6.24. The molecule has 5 nitrogen and oxygen atoms in total. The predicted octanol–water partition coefficient (Wildman–Crippen LogP) is 2.97. The minimum atomic E-state index is 0.0536. The molecule has 2 aliphatic heterocycles. The van der Waals surface area contributed by atoms with Gasteiger partial charge in [-0.1, -0.05) is 6.07 Å². The molecule has 2 aromatic rings. The summed E-state index contributed by atoms with van der Waals surface area (Å²) in [6.07, 6.45) is 5.68. The van der Waals surface area contributed by atoms with Crippen molar-refractivity contribution in [3.05, 3.63) is 40.7 Å². The molecule has 2 aliphatic rings. The molecule has 25 heavy (non-hydrogen) atoms. The van der Waals surface area contributed by atoms with Crippen molar-refractivity contribution in [3.8, 4) is 5.75 Å². The largest absolute Gasteiger partial charge is 0.485 e. The van der Waals surface area contributed by atoms with Crippen molar-refractivity contribution < 1.29 is 9.53 Å². The third kappa shape index (κ3) is 3.79. The van der Waals surface area contributed by atoms with Crippen LogP contribution in [0.4, 0.5) is 5.82 Å². The molecule has 132 valence electrons. The topological polar surface area (TPSA) is 45.7 Å². The predicted molar refractivity (Wildman–Crippen MR) is 99.3 cm³/mol. The normalized spacial score (nSPS) is 20.2. The molecular formula is C19H23N3O2S. The van der Waals surface area contributed by atoms with E-state index in [4.69, 9.17) is 4.74 Å². The lowest BCUT2D eigenvalue weighted by Crippen LogP contribution is -2.32. The Balaban J connectivity index is 1.37. The van der Waals surface area contributed by atoms with E-state index < -0.39 is 0 Å². The summed E-state index contributed by atoms with van der Waals surface area (Å²) in [5, 5.41) is 2.01. The van der Waals surface area contributed by atoms with Gasteiger partial charge < -0.3 is 14.5 Å². The van der Waals surface area contributed by atoms with Gasteiger partial charge in [-0.2, -0.15) is 0 Å². The van der Waals surface area contributed by atoms with Crippen molar-refractivity contribution in [2.75, 3.05) is 31.1 Å². The van der Waals surface area contributed by atoms with Gasteiger partial charge >= 0.3 is 0 Å². The first kappa shape index (κ1) is 16.4. The van der Waals surface area contributed by atoms with E-state index in [9.17, 15) is 4.79 Å². The molecule has 0 aliphatic carbocycles. The molecule has 0 radical (unpaired) electrons. The number of carbonyl (C=O) groups excluding carboxylic acids is 1. The van der Waals surface area contributed by atoms with Gasteiger partial charge in [0.15, 0.2) is 11.6 Å². The molecule has 0 spiro atoms. The van der Waals surface area contributed by atoms with Crippen LogP contribution in [-0.4, -0.2) is 48.1 Å². The summed E-state index contributed by atoms with van der Waals surface area (Å²) in [6, 6.07) is 7.93. The molecule has 0 unspecified atom stereocenters. The highest BCUT2D eigenvalue weighted by Crippen LogP contribution is 2.30. The van der Waals surface area contributed by atoms with Crippen LogP contribution in [0.1, 0.15) is 24.1 Å². The van der Waals surface area contributed by atoms with Gasteiger partial charge in [0.1, 0.15) is 6.10 Å². The fourth-order valence-corrected chi connectivity index (χ4v) is 4.24. The minimum Gasteiger partial charge on any atom is -0.485 e. The number of pyridine rings is 1. The first-order valence-electron chi connectivity index (χ1n) is 8.96. The van der Waals surface area contributed by atoms with Crippen molar-refractivity contribution in [1.29, 1.82) is 0 Å². The van der Waals surface area contributed by atoms with Crippen LogP contribution in [0, 0.1) is 0 Å². The highest BCUT2D eigenvalue weighted by molar-refractivity contribution is 7.10. The molecule has 4 rings (SSSR count). The number of thiophene rings is 1. The van der Waals surface area contributed by atoms with E-state index >= 15 is 0 Å². The number of carbonyl (C=O) groups is 1. The number of likely N-dealkylation sites (tertiary alicyclic amines) is 1. The van der Waals surface area contributed by atoms with E-state index in [1.165, 1.54) is 12.8 Å². The highest BCUT2D eigenvalue weighted by atomic mass is 32.1. The molecule has 2 fully saturated rings. The highest BCUT2D eigenvalue weighted by Gasteiger charge is 2.29. The van der Waals surface area contributed by atoms with Gasteiger partial charge in [0, 0.05) is 37.1 Å². The van der Waals surface area contributed by atoms with Crippen molar-refractivity contribution in [1.82, 2.24) is 9.88 Å². The van der Waals surface area contributed by atoms with E-state index in [2.05, 4.69) is 9.88 Å². The summed E-state index contributed by atoms with van der Waals surface area (Å²) >= 11 is 1.64. The maximum absolute atomic E-state index is 12.4. The second-order valence-electron chi connectivity index (χ2n) is 6.64. The number of hydrogen-bond donors (Lipinski definition) is 0. The van der Waals surface area contributed by atoms with Gasteiger partial charge in [0.25, 0.3) is 0 Å². The first-order valence-corrected chi connectivity index (χ1v) is 9.84. The second-order valence-corrected chi connectivity index (χ2v) is 7.68. The number of hydrogen-bond acceptors (Lipinski definition) is 5. The van der Waals surface area contributed by atoms with Crippen LogP contribution < -0.4 is 9.64 Å². The first-order chi connectivity index (χ1) is 12.3. The fraction of sp³-hybridized carbons (Fsp3) is 0.474. The summed E-state index contributed by atoms with van der Waals surface area (Å²) in [5.41, 5.74) is 0. The molecule has 2 aromatic heterocycles. The maximum Gasteiger partial charge on any atom is 0.227 e. The third-order valence-electron chi connectivity index (χ3n) is 4.85. The number of ether oxygens (including phenoxy) is 1. The minimum absolute atomic E-state index is 0.0536. The van der Waals surface area contributed by atoms with Crippen LogP contribution in [0.5, 0.6) is 5.75 Å². The quantitative estimate of drug-likeness (QED) is 0.825. The van der Waals surface area contributed by atoms with Crippen molar-refractivity contribution >= 4 is 23.1 Å². The van der Waals surface area contributed by atoms with Gasteiger partial charge in [0.05, 0.1) is 13.0 Å². The zero-order chi connectivity index (χ0) is 17.1. The number of amides is 1. The lowest BCUT2D eigenvalue weighted by molar-refractivity contribution is -0.129. The monoisotopic (exact) mass is 357 g/mol. The van der Waals surface area contributed by atoms with Crippen LogP contribution in [0.3, 0.4) is 0 Å². The Kier molecular flexibility index (Phi) is 4.88. The average Bonchev–Trinajstić information content (AvgIpc) is 3.38. The molecule has 1 atom stereocenters. The number of nitrogens with zero attached hydrogens (tertiary/aromatic N) is 3. The Morgan fingerprint density at radius 3 is 2.92 bits per heavy atom. The lowest BCUT2D eigenvalue weighted by Gasteiger charge is -2.22. The zero-order valence-corrected chi connectivity index (χ0v) is 15.1. The van der Waals surface area contributed by atoms with E-state index in [0.29, 0.717) is 13.0 Å². The van der Waals surface area contributed by atoms with Crippen molar-refractivity contribution in [2.45, 2.75) is 31.8 Å². The van der Waals surface area contributed by atoms with E-state index in [1.54, 1.807) is 11.3 Å². The smallest absolute Gasteiger partial charge is 0.227 e. The zero-order valence-electron chi connectivity index (χ0n) is 14.3. The van der Waals surface area contributed by atoms with Gasteiger partial charge in [0.2, 0.25) is 5.91 Å². The van der Waals surface area contributed by atoms with E-state index in [0.717, 1.165) is 42.5 Å². The Hall–Kier alpha value is -2.08. The van der Waals surface area contributed by atoms with Crippen molar-refractivity contribution in [3.63, 3.8) is 0 Å². The molecule has 0 saturated carbocycles.